The van der Waals surface area contributed by atoms with Crippen LogP contribution >= 0.6 is 38.6 Å². The molecule has 0 aliphatic carbocycles. The average molecular weight is 274 g/mol. The van der Waals surface area contributed by atoms with Gasteiger partial charge in [-0.25, -0.2) is 0 Å². The van der Waals surface area contributed by atoms with Crippen LogP contribution in [0.1, 0.15) is 4.88 Å². The Balaban J connectivity index is 2.51. The minimum Gasteiger partial charge on any atom is -0.391 e. The van der Waals surface area contributed by atoms with Gasteiger partial charge in [0.1, 0.15) is 0 Å². The standard InChI is InChI=1S/C9H8BrNS2/c1-5-6(4-9(11)12-5)7-2-3-8(10)13-7/h2-4H,11H2,1H3. The van der Waals surface area contributed by atoms with Crippen molar-refractivity contribution in [3.63, 3.8) is 0 Å². The van der Waals surface area contributed by atoms with Gasteiger partial charge in [0.05, 0.1) is 8.79 Å². The highest BCUT2D eigenvalue weighted by Crippen LogP contribution is 2.37. The Hall–Kier alpha value is -0.320. The monoisotopic (exact) mass is 273 g/mol. The third-order valence-electron chi connectivity index (χ3n) is 1.78. The van der Waals surface area contributed by atoms with Crippen molar-refractivity contribution >= 4 is 43.6 Å². The van der Waals surface area contributed by atoms with Gasteiger partial charge in [0, 0.05) is 15.3 Å². The van der Waals surface area contributed by atoms with Crippen LogP contribution in [0.4, 0.5) is 5.00 Å². The van der Waals surface area contributed by atoms with Gasteiger partial charge in [0.25, 0.3) is 0 Å². The van der Waals surface area contributed by atoms with Crippen LogP contribution in [0.25, 0.3) is 10.4 Å². The van der Waals surface area contributed by atoms with Crippen molar-refractivity contribution in [3.8, 4) is 10.4 Å². The number of halogens is 1. The van der Waals surface area contributed by atoms with Crippen LogP contribution < -0.4 is 5.73 Å². The molecule has 0 amide bonds. The van der Waals surface area contributed by atoms with Crippen LogP contribution in [0.3, 0.4) is 0 Å². The summed E-state index contributed by atoms with van der Waals surface area (Å²) in [6.45, 7) is 2.10. The van der Waals surface area contributed by atoms with Crippen molar-refractivity contribution in [2.75, 3.05) is 5.73 Å². The molecule has 2 N–H and O–H groups in total. The van der Waals surface area contributed by atoms with Gasteiger partial charge >= 0.3 is 0 Å². The lowest BCUT2D eigenvalue weighted by Crippen LogP contribution is -1.73. The van der Waals surface area contributed by atoms with E-state index in [0.717, 1.165) is 8.79 Å². The predicted molar refractivity (Wildman–Crippen MR) is 64.5 cm³/mol. The highest BCUT2D eigenvalue weighted by molar-refractivity contribution is 9.11. The van der Waals surface area contributed by atoms with Gasteiger partial charge in [-0.15, -0.1) is 22.7 Å². The third kappa shape index (κ3) is 1.80. The summed E-state index contributed by atoms with van der Waals surface area (Å²) in [6, 6.07) is 6.22. The zero-order valence-electron chi connectivity index (χ0n) is 7.00. The van der Waals surface area contributed by atoms with Crippen molar-refractivity contribution in [2.45, 2.75) is 6.92 Å². The summed E-state index contributed by atoms with van der Waals surface area (Å²) in [5.74, 6) is 0. The Bertz CT molecular complexity index is 431. The van der Waals surface area contributed by atoms with Gasteiger partial charge in [-0.1, -0.05) is 0 Å². The van der Waals surface area contributed by atoms with Crippen LogP contribution in [0.5, 0.6) is 0 Å². The molecule has 13 heavy (non-hydrogen) atoms. The fourth-order valence-corrected chi connectivity index (χ4v) is 3.54. The molecule has 0 aliphatic rings. The molecule has 0 radical (unpaired) electrons. The molecular formula is C9H8BrNS2. The van der Waals surface area contributed by atoms with Gasteiger partial charge in [0.2, 0.25) is 0 Å². The number of hydrogen-bond donors (Lipinski definition) is 1. The largest absolute Gasteiger partial charge is 0.391 e. The van der Waals surface area contributed by atoms with E-state index in [1.807, 2.05) is 6.07 Å². The average Bonchev–Trinajstić information content (AvgIpc) is 2.58. The Kier molecular flexibility index (Phi) is 2.45. The maximum atomic E-state index is 5.74. The number of nitrogen functional groups attached to an aromatic ring is 1. The lowest BCUT2D eigenvalue weighted by molar-refractivity contribution is 1.63. The lowest BCUT2D eigenvalue weighted by Gasteiger charge is -1.92. The minimum atomic E-state index is 0.886. The molecule has 0 bridgehead atoms. The van der Waals surface area contributed by atoms with E-state index in [4.69, 9.17) is 5.73 Å². The summed E-state index contributed by atoms with van der Waals surface area (Å²) >= 11 is 6.83. The van der Waals surface area contributed by atoms with E-state index < -0.39 is 0 Å². The topological polar surface area (TPSA) is 26.0 Å². The zero-order valence-corrected chi connectivity index (χ0v) is 10.2. The molecular weight excluding hydrogens is 266 g/mol. The molecule has 0 aromatic carbocycles. The van der Waals surface area contributed by atoms with Gasteiger partial charge in [-0.05, 0) is 41.1 Å². The minimum absolute atomic E-state index is 0.886. The van der Waals surface area contributed by atoms with Crippen LogP contribution in [-0.2, 0) is 0 Å². The first-order valence-corrected chi connectivity index (χ1v) is 6.21. The highest BCUT2D eigenvalue weighted by Gasteiger charge is 2.07. The normalized spacial score (nSPS) is 10.6. The molecule has 0 saturated heterocycles. The summed E-state index contributed by atoms with van der Waals surface area (Å²) < 4.78 is 1.16. The molecule has 68 valence electrons. The second-order valence-electron chi connectivity index (χ2n) is 2.72. The van der Waals surface area contributed by atoms with E-state index in [-0.39, 0.29) is 0 Å². The Morgan fingerprint density at radius 3 is 2.54 bits per heavy atom. The highest BCUT2D eigenvalue weighted by atomic mass is 79.9. The van der Waals surface area contributed by atoms with Gasteiger partial charge in [-0.3, -0.25) is 0 Å². The van der Waals surface area contributed by atoms with Gasteiger partial charge < -0.3 is 5.73 Å². The quantitative estimate of drug-likeness (QED) is 0.831. The second kappa shape index (κ2) is 3.44. The van der Waals surface area contributed by atoms with Crippen LogP contribution in [0, 0.1) is 6.92 Å². The smallest absolute Gasteiger partial charge is 0.0865 e. The molecule has 2 aromatic heterocycles. The molecule has 0 fully saturated rings. The van der Waals surface area contributed by atoms with Gasteiger partial charge in [-0.2, -0.15) is 0 Å². The SMILES string of the molecule is Cc1sc(N)cc1-c1ccc(Br)s1. The number of anilines is 1. The summed E-state index contributed by atoms with van der Waals surface area (Å²) in [7, 11) is 0. The Labute approximate surface area is 93.3 Å². The summed E-state index contributed by atoms with van der Waals surface area (Å²) in [5, 5.41) is 0.886. The summed E-state index contributed by atoms with van der Waals surface area (Å²) in [6.07, 6.45) is 0. The molecule has 0 saturated carbocycles. The van der Waals surface area contributed by atoms with E-state index in [1.165, 1.54) is 15.3 Å². The van der Waals surface area contributed by atoms with Crippen molar-refractivity contribution in [2.24, 2.45) is 0 Å². The van der Waals surface area contributed by atoms with Crippen LogP contribution in [0.15, 0.2) is 22.0 Å². The molecule has 2 aromatic rings. The van der Waals surface area contributed by atoms with E-state index in [1.54, 1.807) is 22.7 Å². The fraction of sp³-hybridized carbons (Fsp3) is 0.111. The van der Waals surface area contributed by atoms with Crippen LogP contribution in [-0.4, -0.2) is 0 Å². The fourth-order valence-electron chi connectivity index (χ4n) is 1.21. The molecule has 1 nitrogen and oxygen atoms in total. The first-order chi connectivity index (χ1) is 6.16. The van der Waals surface area contributed by atoms with E-state index in [9.17, 15) is 0 Å². The Morgan fingerprint density at radius 2 is 2.08 bits per heavy atom. The maximum Gasteiger partial charge on any atom is 0.0865 e. The zero-order chi connectivity index (χ0) is 9.42. The molecule has 0 aliphatic heterocycles. The summed E-state index contributed by atoms with van der Waals surface area (Å²) in [4.78, 5) is 2.56. The molecule has 0 spiro atoms. The third-order valence-corrected chi connectivity index (χ3v) is 4.31. The summed E-state index contributed by atoms with van der Waals surface area (Å²) in [5.41, 5.74) is 7.00. The number of rotatable bonds is 1. The van der Waals surface area contributed by atoms with E-state index in [2.05, 4.69) is 35.0 Å². The molecule has 2 rings (SSSR count). The van der Waals surface area contributed by atoms with Crippen LogP contribution in [0.2, 0.25) is 0 Å². The molecule has 0 unspecified atom stereocenters. The molecule has 4 heteroatoms. The first kappa shape index (κ1) is 9.24. The van der Waals surface area contributed by atoms with Crippen molar-refractivity contribution in [1.29, 1.82) is 0 Å². The number of hydrogen-bond acceptors (Lipinski definition) is 3. The molecule has 0 atom stereocenters. The number of aryl methyl sites for hydroxylation is 1. The lowest BCUT2D eigenvalue weighted by atomic mass is 10.2. The van der Waals surface area contributed by atoms with E-state index >= 15 is 0 Å². The second-order valence-corrected chi connectivity index (χ2v) is 6.47. The Morgan fingerprint density at radius 1 is 1.31 bits per heavy atom. The van der Waals surface area contributed by atoms with E-state index in [0.29, 0.717) is 0 Å². The van der Waals surface area contributed by atoms with Crippen molar-refractivity contribution < 1.29 is 0 Å². The number of nitrogens with two attached hydrogens (primary N) is 1. The van der Waals surface area contributed by atoms with Gasteiger partial charge in [0.15, 0.2) is 0 Å². The first-order valence-electron chi connectivity index (χ1n) is 3.78. The van der Waals surface area contributed by atoms with Crippen molar-refractivity contribution in [1.82, 2.24) is 0 Å². The predicted octanol–water partition coefficient (Wildman–Crippen LogP) is 4.13. The van der Waals surface area contributed by atoms with Crippen molar-refractivity contribution in [3.05, 3.63) is 26.9 Å². The molecule has 2 heterocycles. The maximum absolute atomic E-state index is 5.74. The number of thiophene rings is 2.